The summed E-state index contributed by atoms with van der Waals surface area (Å²) in [6, 6.07) is 11.0. The zero-order valence-corrected chi connectivity index (χ0v) is 13.4. The zero-order valence-electron chi connectivity index (χ0n) is 11.8. The van der Waals surface area contributed by atoms with Crippen LogP contribution in [0.3, 0.4) is 0 Å². The van der Waals surface area contributed by atoms with Crippen LogP contribution in [0.25, 0.3) is 0 Å². The summed E-state index contributed by atoms with van der Waals surface area (Å²) in [5.74, 6) is -0.280. The summed E-state index contributed by atoms with van der Waals surface area (Å²) in [6.45, 7) is 4.27. The van der Waals surface area contributed by atoms with Crippen LogP contribution in [-0.4, -0.2) is 0 Å². The summed E-state index contributed by atoms with van der Waals surface area (Å²) < 4.78 is 14.6. The van der Waals surface area contributed by atoms with Crippen molar-refractivity contribution in [2.24, 2.45) is 5.73 Å². The van der Waals surface area contributed by atoms with Crippen molar-refractivity contribution in [2.75, 3.05) is 0 Å². The summed E-state index contributed by atoms with van der Waals surface area (Å²) in [5.41, 5.74) is 10.3. The minimum absolute atomic E-state index is 0.280. The van der Waals surface area contributed by atoms with Gasteiger partial charge in [0.15, 0.2) is 0 Å². The van der Waals surface area contributed by atoms with E-state index in [-0.39, 0.29) is 5.82 Å². The summed E-state index contributed by atoms with van der Waals surface area (Å²) in [6.07, 6.45) is 1.97. The molecule has 1 unspecified atom stereocenters. The lowest BCUT2D eigenvalue weighted by Gasteiger charge is -2.16. The molecule has 0 heterocycles. The minimum atomic E-state index is -0.441. The molecular weight excluding hydrogens is 317 g/mol. The number of benzene rings is 2. The van der Waals surface area contributed by atoms with Crippen LogP contribution < -0.4 is 5.73 Å². The first-order chi connectivity index (χ1) is 9.58. The fourth-order valence-corrected chi connectivity index (χ4v) is 2.84. The fraction of sp³-hybridized carbons (Fsp3) is 0.294. The first-order valence-corrected chi connectivity index (χ1v) is 7.69. The molecule has 0 spiro atoms. The van der Waals surface area contributed by atoms with Gasteiger partial charge in [0, 0.05) is 5.56 Å². The van der Waals surface area contributed by atoms with E-state index in [1.807, 2.05) is 12.1 Å². The van der Waals surface area contributed by atoms with Crippen LogP contribution >= 0.6 is 15.9 Å². The maximum absolute atomic E-state index is 14.1. The van der Waals surface area contributed by atoms with Gasteiger partial charge in [-0.3, -0.25) is 0 Å². The van der Waals surface area contributed by atoms with E-state index in [2.05, 4.69) is 41.9 Å². The number of rotatable bonds is 4. The van der Waals surface area contributed by atoms with Crippen molar-refractivity contribution < 1.29 is 4.39 Å². The predicted molar refractivity (Wildman–Crippen MR) is 85.3 cm³/mol. The second-order valence-electron chi connectivity index (χ2n) is 4.86. The highest BCUT2D eigenvalue weighted by molar-refractivity contribution is 9.10. The Morgan fingerprint density at radius 1 is 1.10 bits per heavy atom. The summed E-state index contributed by atoms with van der Waals surface area (Å²) in [4.78, 5) is 0. The number of aryl methyl sites for hydroxylation is 2. The van der Waals surface area contributed by atoms with Gasteiger partial charge in [-0.1, -0.05) is 44.2 Å². The topological polar surface area (TPSA) is 26.0 Å². The van der Waals surface area contributed by atoms with Crippen molar-refractivity contribution in [3.63, 3.8) is 0 Å². The molecule has 1 atom stereocenters. The molecule has 0 saturated carbocycles. The van der Waals surface area contributed by atoms with Gasteiger partial charge in [-0.15, -0.1) is 0 Å². The first kappa shape index (κ1) is 15.2. The Hall–Kier alpha value is -1.19. The Bertz CT molecular complexity index is 610. The third-order valence-corrected chi connectivity index (χ3v) is 4.28. The van der Waals surface area contributed by atoms with Gasteiger partial charge in [0.2, 0.25) is 0 Å². The van der Waals surface area contributed by atoms with Gasteiger partial charge >= 0.3 is 0 Å². The van der Waals surface area contributed by atoms with Gasteiger partial charge < -0.3 is 5.73 Å². The van der Waals surface area contributed by atoms with Crippen molar-refractivity contribution in [1.29, 1.82) is 0 Å². The molecule has 2 aromatic rings. The van der Waals surface area contributed by atoms with Crippen molar-refractivity contribution in [3.05, 3.63) is 68.9 Å². The molecule has 0 aliphatic heterocycles. The molecule has 0 aliphatic rings. The SMILES string of the molecule is CCc1ccc(C(N)c2cccc(Br)c2F)cc1CC. The Morgan fingerprint density at radius 2 is 1.80 bits per heavy atom. The highest BCUT2D eigenvalue weighted by atomic mass is 79.9. The van der Waals surface area contributed by atoms with Crippen molar-refractivity contribution in [3.8, 4) is 0 Å². The van der Waals surface area contributed by atoms with Crippen LogP contribution in [0, 0.1) is 5.82 Å². The molecule has 3 heteroatoms. The van der Waals surface area contributed by atoms with E-state index in [1.54, 1.807) is 12.1 Å². The van der Waals surface area contributed by atoms with Gasteiger partial charge in [0.25, 0.3) is 0 Å². The second-order valence-corrected chi connectivity index (χ2v) is 5.71. The highest BCUT2D eigenvalue weighted by Gasteiger charge is 2.16. The largest absolute Gasteiger partial charge is 0.320 e. The molecule has 1 nitrogen and oxygen atoms in total. The lowest BCUT2D eigenvalue weighted by Crippen LogP contribution is -2.14. The molecular formula is C17H19BrFN. The number of hydrogen-bond acceptors (Lipinski definition) is 1. The third-order valence-electron chi connectivity index (χ3n) is 3.67. The molecule has 2 rings (SSSR count). The van der Waals surface area contributed by atoms with Crippen molar-refractivity contribution in [1.82, 2.24) is 0 Å². The summed E-state index contributed by atoms with van der Waals surface area (Å²) >= 11 is 3.21. The fourth-order valence-electron chi connectivity index (χ4n) is 2.45. The van der Waals surface area contributed by atoms with Crippen LogP contribution in [0.4, 0.5) is 4.39 Å². The molecule has 0 aromatic heterocycles. The van der Waals surface area contributed by atoms with Gasteiger partial charge in [0.05, 0.1) is 10.5 Å². The van der Waals surface area contributed by atoms with E-state index in [0.717, 1.165) is 18.4 Å². The van der Waals surface area contributed by atoms with Gasteiger partial charge in [-0.05, 0) is 51.5 Å². The van der Waals surface area contributed by atoms with Gasteiger partial charge in [0.1, 0.15) is 5.82 Å². The smallest absolute Gasteiger partial charge is 0.142 e. The van der Waals surface area contributed by atoms with E-state index in [1.165, 1.54) is 11.1 Å². The monoisotopic (exact) mass is 335 g/mol. The van der Waals surface area contributed by atoms with E-state index in [4.69, 9.17) is 5.73 Å². The second kappa shape index (κ2) is 6.51. The third kappa shape index (κ3) is 2.94. The van der Waals surface area contributed by atoms with Gasteiger partial charge in [-0.2, -0.15) is 0 Å². The molecule has 0 saturated heterocycles. The average molecular weight is 336 g/mol. The summed E-state index contributed by atoms with van der Waals surface area (Å²) in [7, 11) is 0. The van der Waals surface area contributed by atoms with Crippen LogP contribution in [0.15, 0.2) is 40.9 Å². The predicted octanol–water partition coefficient (Wildman–Crippen LogP) is 4.76. The van der Waals surface area contributed by atoms with E-state index in [9.17, 15) is 4.39 Å². The molecule has 0 radical (unpaired) electrons. The van der Waals surface area contributed by atoms with Crippen LogP contribution in [0.2, 0.25) is 0 Å². The zero-order chi connectivity index (χ0) is 14.7. The lowest BCUT2D eigenvalue weighted by atomic mass is 9.93. The standard InChI is InChI=1S/C17H19BrFN/c1-3-11-8-9-13(10-12(11)4-2)17(20)14-6-5-7-15(18)16(14)19/h5-10,17H,3-4,20H2,1-2H3. The molecule has 0 fully saturated rings. The van der Waals surface area contributed by atoms with Gasteiger partial charge in [-0.25, -0.2) is 4.39 Å². The molecule has 106 valence electrons. The maximum Gasteiger partial charge on any atom is 0.142 e. The Kier molecular flexibility index (Phi) is 4.95. The molecule has 0 bridgehead atoms. The first-order valence-electron chi connectivity index (χ1n) is 6.89. The number of halogens is 2. The normalized spacial score (nSPS) is 12.4. The van der Waals surface area contributed by atoms with Crippen LogP contribution in [0.5, 0.6) is 0 Å². The van der Waals surface area contributed by atoms with Crippen molar-refractivity contribution in [2.45, 2.75) is 32.7 Å². The number of hydrogen-bond donors (Lipinski definition) is 1. The van der Waals surface area contributed by atoms with E-state index < -0.39 is 6.04 Å². The molecule has 0 aliphatic carbocycles. The molecule has 0 amide bonds. The molecule has 2 N–H and O–H groups in total. The van der Waals surface area contributed by atoms with E-state index in [0.29, 0.717) is 10.0 Å². The molecule has 20 heavy (non-hydrogen) atoms. The Labute approximate surface area is 128 Å². The average Bonchev–Trinajstić information content (AvgIpc) is 2.48. The minimum Gasteiger partial charge on any atom is -0.320 e. The maximum atomic E-state index is 14.1. The molecule has 2 aromatic carbocycles. The Morgan fingerprint density at radius 3 is 2.45 bits per heavy atom. The quantitative estimate of drug-likeness (QED) is 0.856. The number of nitrogens with two attached hydrogens (primary N) is 1. The van der Waals surface area contributed by atoms with Crippen LogP contribution in [0.1, 0.15) is 42.1 Å². The summed E-state index contributed by atoms with van der Waals surface area (Å²) in [5, 5.41) is 0. The van der Waals surface area contributed by atoms with Crippen molar-refractivity contribution >= 4 is 15.9 Å². The van der Waals surface area contributed by atoms with E-state index >= 15 is 0 Å². The van der Waals surface area contributed by atoms with Crippen LogP contribution in [-0.2, 0) is 12.8 Å². The Balaban J connectivity index is 2.43. The lowest BCUT2D eigenvalue weighted by molar-refractivity contribution is 0.593. The highest BCUT2D eigenvalue weighted by Crippen LogP contribution is 2.28.